The highest BCUT2D eigenvalue weighted by atomic mass is 16.4. The van der Waals surface area contributed by atoms with Crippen LogP contribution in [0.5, 0.6) is 0 Å². The number of nitrogens with two attached hydrogens (primary N) is 2. The minimum atomic E-state index is -1.20. The molecule has 11 nitrogen and oxygen atoms in total. The maximum absolute atomic E-state index is 13.0. The molecule has 0 aliphatic carbocycles. The van der Waals surface area contributed by atoms with Crippen molar-refractivity contribution >= 4 is 34.6 Å². The summed E-state index contributed by atoms with van der Waals surface area (Å²) < 4.78 is 0. The molecule has 0 spiro atoms. The summed E-state index contributed by atoms with van der Waals surface area (Å²) in [6.07, 6.45) is 3.82. The first-order valence-electron chi connectivity index (χ1n) is 12.9. The smallest absolute Gasteiger partial charge is 0.326 e. The van der Waals surface area contributed by atoms with Gasteiger partial charge in [0.25, 0.3) is 0 Å². The van der Waals surface area contributed by atoms with Crippen LogP contribution in [0.1, 0.15) is 30.4 Å². The molecule has 0 saturated carbocycles. The van der Waals surface area contributed by atoms with Crippen molar-refractivity contribution < 1.29 is 24.3 Å². The van der Waals surface area contributed by atoms with Crippen LogP contribution in [-0.4, -0.2) is 65.0 Å². The third-order valence-electron chi connectivity index (χ3n) is 6.38. The lowest BCUT2D eigenvalue weighted by atomic mass is 10.0. The lowest BCUT2D eigenvalue weighted by Gasteiger charge is -2.21. The summed E-state index contributed by atoms with van der Waals surface area (Å²) in [4.78, 5) is 53.2. The standard InChI is InChI=1S/C28H36N6O5/c29-13-7-6-11-21(30)26(36)34-23(14-18-8-2-1-3-9-18)27(37)32-17-25(35)33-24(28(38)39)15-19-16-31-22-12-5-4-10-20(19)22/h1-5,8-10,12,16,21,23-24,31H,6-7,11,13-15,17,29-30H2,(H,32,37)(H,33,35)(H,34,36)(H,38,39). The van der Waals surface area contributed by atoms with E-state index in [4.69, 9.17) is 11.5 Å². The number of carbonyl (C=O) groups is 4. The van der Waals surface area contributed by atoms with Crippen LogP contribution >= 0.6 is 0 Å². The number of hydrogen-bond acceptors (Lipinski definition) is 6. The molecule has 3 amide bonds. The van der Waals surface area contributed by atoms with Gasteiger partial charge in [-0.2, -0.15) is 0 Å². The summed E-state index contributed by atoms with van der Waals surface area (Å²) >= 11 is 0. The zero-order chi connectivity index (χ0) is 28.2. The SMILES string of the molecule is NCCCCC(N)C(=O)NC(Cc1ccccc1)C(=O)NCC(=O)NC(Cc1c[nH]c2ccccc12)C(=O)O. The van der Waals surface area contributed by atoms with E-state index in [1.165, 1.54) is 0 Å². The fourth-order valence-electron chi connectivity index (χ4n) is 4.23. The number of amides is 3. The Morgan fingerprint density at radius 1 is 0.872 bits per heavy atom. The molecule has 3 aromatic rings. The van der Waals surface area contributed by atoms with E-state index in [1.54, 1.807) is 6.20 Å². The molecule has 0 aliphatic rings. The van der Waals surface area contributed by atoms with Crippen molar-refractivity contribution in [3.8, 4) is 0 Å². The van der Waals surface area contributed by atoms with E-state index in [0.717, 1.165) is 28.5 Å². The number of unbranched alkanes of at least 4 members (excludes halogenated alkanes) is 1. The Morgan fingerprint density at radius 3 is 2.31 bits per heavy atom. The summed E-state index contributed by atoms with van der Waals surface area (Å²) in [5, 5.41) is 18.2. The summed E-state index contributed by atoms with van der Waals surface area (Å²) in [5.41, 5.74) is 13.9. The first-order valence-corrected chi connectivity index (χ1v) is 12.9. The van der Waals surface area contributed by atoms with Gasteiger partial charge in [-0.25, -0.2) is 4.79 Å². The second-order valence-electron chi connectivity index (χ2n) is 9.38. The first kappa shape index (κ1) is 29.3. The molecule has 3 rings (SSSR count). The fraction of sp³-hybridized carbons (Fsp3) is 0.357. The molecule has 0 saturated heterocycles. The van der Waals surface area contributed by atoms with Crippen LogP contribution in [0.4, 0.5) is 0 Å². The lowest BCUT2D eigenvalue weighted by Crippen LogP contribution is -2.54. The summed E-state index contributed by atoms with van der Waals surface area (Å²) in [7, 11) is 0. The van der Waals surface area contributed by atoms with Crippen LogP contribution in [0.15, 0.2) is 60.8 Å². The van der Waals surface area contributed by atoms with Gasteiger partial charge in [-0.3, -0.25) is 14.4 Å². The van der Waals surface area contributed by atoms with Crippen LogP contribution in [0.2, 0.25) is 0 Å². The second-order valence-corrected chi connectivity index (χ2v) is 9.38. The number of carbonyl (C=O) groups excluding carboxylic acids is 3. The average molecular weight is 537 g/mol. The number of rotatable bonds is 15. The Hall–Kier alpha value is -4.22. The molecule has 39 heavy (non-hydrogen) atoms. The highest BCUT2D eigenvalue weighted by Gasteiger charge is 2.26. The Bertz CT molecular complexity index is 1260. The number of fused-ring (bicyclic) bond motifs is 1. The Labute approximate surface area is 226 Å². The number of para-hydroxylation sites is 1. The van der Waals surface area contributed by atoms with Crippen molar-refractivity contribution in [1.29, 1.82) is 0 Å². The van der Waals surface area contributed by atoms with Crippen molar-refractivity contribution in [3.05, 3.63) is 71.9 Å². The van der Waals surface area contributed by atoms with Gasteiger partial charge in [-0.05, 0) is 36.6 Å². The predicted molar refractivity (Wildman–Crippen MR) is 148 cm³/mol. The van der Waals surface area contributed by atoms with Gasteiger partial charge in [0.15, 0.2) is 0 Å². The van der Waals surface area contributed by atoms with Crippen LogP contribution in [0.3, 0.4) is 0 Å². The van der Waals surface area contributed by atoms with Crippen molar-refractivity contribution in [1.82, 2.24) is 20.9 Å². The monoisotopic (exact) mass is 536 g/mol. The lowest BCUT2D eigenvalue weighted by molar-refractivity contribution is -0.141. The van der Waals surface area contributed by atoms with Crippen LogP contribution < -0.4 is 27.4 Å². The van der Waals surface area contributed by atoms with Gasteiger partial charge in [0.05, 0.1) is 12.6 Å². The van der Waals surface area contributed by atoms with E-state index in [1.807, 2.05) is 54.6 Å². The van der Waals surface area contributed by atoms with Crippen molar-refractivity contribution in [2.24, 2.45) is 11.5 Å². The largest absolute Gasteiger partial charge is 0.480 e. The van der Waals surface area contributed by atoms with Gasteiger partial charge >= 0.3 is 5.97 Å². The Kier molecular flexibility index (Phi) is 11.0. The molecule has 9 N–H and O–H groups in total. The van der Waals surface area contributed by atoms with Gasteiger partial charge in [-0.15, -0.1) is 0 Å². The second kappa shape index (κ2) is 14.6. The number of H-pyrrole nitrogens is 1. The number of aromatic nitrogens is 1. The molecular weight excluding hydrogens is 500 g/mol. The van der Waals surface area contributed by atoms with Crippen molar-refractivity contribution in [2.75, 3.05) is 13.1 Å². The molecule has 1 aromatic heterocycles. The molecule has 1 heterocycles. The van der Waals surface area contributed by atoms with Gasteiger partial charge in [0.1, 0.15) is 12.1 Å². The Morgan fingerprint density at radius 2 is 1.59 bits per heavy atom. The highest BCUT2D eigenvalue weighted by Crippen LogP contribution is 2.19. The molecule has 0 radical (unpaired) electrons. The van der Waals surface area contributed by atoms with Crippen LogP contribution in [0, 0.1) is 0 Å². The van der Waals surface area contributed by atoms with Gasteiger partial charge in [-0.1, -0.05) is 55.0 Å². The van der Waals surface area contributed by atoms with Crippen molar-refractivity contribution in [2.45, 2.75) is 50.2 Å². The van der Waals surface area contributed by atoms with Gasteiger partial charge in [0, 0.05) is 29.9 Å². The number of nitrogens with one attached hydrogen (secondary N) is 4. The molecule has 3 unspecified atom stereocenters. The Balaban J connectivity index is 1.60. The third kappa shape index (κ3) is 8.94. The fourth-order valence-corrected chi connectivity index (χ4v) is 4.23. The van der Waals surface area contributed by atoms with E-state index < -0.39 is 48.4 Å². The van der Waals surface area contributed by atoms with Crippen molar-refractivity contribution in [3.63, 3.8) is 0 Å². The molecule has 0 fully saturated rings. The molecule has 0 aliphatic heterocycles. The van der Waals surface area contributed by atoms with E-state index in [0.29, 0.717) is 19.4 Å². The number of benzene rings is 2. The van der Waals surface area contributed by atoms with Gasteiger partial charge in [0.2, 0.25) is 17.7 Å². The van der Waals surface area contributed by atoms with E-state index in [2.05, 4.69) is 20.9 Å². The summed E-state index contributed by atoms with van der Waals surface area (Å²) in [5.74, 6) is -2.92. The molecule has 2 aromatic carbocycles. The molecule has 3 atom stereocenters. The first-order chi connectivity index (χ1) is 18.8. The minimum absolute atomic E-state index is 0.0633. The zero-order valence-electron chi connectivity index (χ0n) is 21.7. The maximum Gasteiger partial charge on any atom is 0.326 e. The minimum Gasteiger partial charge on any atom is -0.480 e. The average Bonchev–Trinajstić information content (AvgIpc) is 3.34. The summed E-state index contributed by atoms with van der Waals surface area (Å²) in [6.45, 7) is 0.0418. The quantitative estimate of drug-likeness (QED) is 0.138. The number of hydrogen-bond donors (Lipinski definition) is 7. The van der Waals surface area contributed by atoms with E-state index >= 15 is 0 Å². The number of aromatic amines is 1. The van der Waals surface area contributed by atoms with Crippen LogP contribution in [-0.2, 0) is 32.0 Å². The summed E-state index contributed by atoms with van der Waals surface area (Å²) in [6, 6.07) is 13.6. The molecule has 208 valence electrons. The number of carboxylic acid groups (broad SMARTS) is 1. The highest BCUT2D eigenvalue weighted by molar-refractivity contribution is 5.93. The van der Waals surface area contributed by atoms with Crippen LogP contribution in [0.25, 0.3) is 10.9 Å². The number of aliphatic carboxylic acids is 1. The predicted octanol–water partition coefficient (Wildman–Crippen LogP) is 0.580. The van der Waals surface area contributed by atoms with Gasteiger partial charge < -0.3 is 37.5 Å². The van der Waals surface area contributed by atoms with E-state index in [-0.39, 0.29) is 12.8 Å². The third-order valence-corrected chi connectivity index (χ3v) is 6.38. The maximum atomic E-state index is 13.0. The molecular formula is C28H36N6O5. The topological polar surface area (TPSA) is 192 Å². The zero-order valence-corrected chi connectivity index (χ0v) is 21.7. The molecule has 0 bridgehead atoms. The molecule has 11 heteroatoms. The normalized spacial score (nSPS) is 13.3. The van der Waals surface area contributed by atoms with E-state index in [9.17, 15) is 24.3 Å². The number of carboxylic acids is 1.